The number of aliphatic imine (C=N–C) groups is 1. The minimum absolute atomic E-state index is 0.0660. The molecule has 4 nitrogen and oxygen atoms in total. The lowest BCUT2D eigenvalue weighted by atomic mass is 9.53. The van der Waals surface area contributed by atoms with Gasteiger partial charge in [0, 0.05) is 24.6 Å². The van der Waals surface area contributed by atoms with Gasteiger partial charge in [-0.25, -0.2) is 0 Å². The molecule has 4 saturated carbocycles. The van der Waals surface area contributed by atoms with Crippen molar-refractivity contribution in [2.24, 2.45) is 28.2 Å². The molecule has 7 rings (SSSR count). The summed E-state index contributed by atoms with van der Waals surface area (Å²) in [5.74, 6) is 6.13. The largest absolute Gasteiger partial charge is 0.291 e. The lowest BCUT2D eigenvalue weighted by molar-refractivity contribution is -0.125. The Bertz CT molecular complexity index is 895. The summed E-state index contributed by atoms with van der Waals surface area (Å²) in [5, 5.41) is 0. The van der Waals surface area contributed by atoms with E-state index < -0.39 is 5.41 Å². The molecule has 1 aromatic carbocycles. The van der Waals surface area contributed by atoms with Crippen LogP contribution in [0.15, 0.2) is 29.3 Å². The number of rotatable bonds is 3. The topological polar surface area (TPSA) is 35.9 Å². The van der Waals surface area contributed by atoms with Crippen LogP contribution >= 0.6 is 11.8 Å². The summed E-state index contributed by atoms with van der Waals surface area (Å²) in [6.07, 6.45) is 7.97. The van der Waals surface area contributed by atoms with Crippen molar-refractivity contribution in [3.63, 3.8) is 0 Å². The molecule has 4 aliphatic carbocycles. The van der Waals surface area contributed by atoms with Crippen LogP contribution in [0.3, 0.4) is 0 Å². The number of hydrogen-bond acceptors (Lipinski definition) is 4. The maximum atomic E-state index is 14.0. The van der Waals surface area contributed by atoms with Crippen LogP contribution in [-0.2, 0) is 4.79 Å². The molecular formula is C27H37N3OS. The summed E-state index contributed by atoms with van der Waals surface area (Å²) in [6, 6.07) is 8.57. The van der Waals surface area contributed by atoms with Gasteiger partial charge < -0.3 is 0 Å². The second kappa shape index (κ2) is 7.59. The first kappa shape index (κ1) is 21.2. The van der Waals surface area contributed by atoms with Crippen molar-refractivity contribution < 1.29 is 4.79 Å². The van der Waals surface area contributed by atoms with Gasteiger partial charge in [-0.15, -0.1) is 0 Å². The smallest absolute Gasteiger partial charge is 0.240 e. The minimum atomic E-state index is -0.464. The van der Waals surface area contributed by atoms with Crippen molar-refractivity contribution in [2.75, 3.05) is 29.5 Å². The Hall–Kier alpha value is -1.33. The molecule has 0 radical (unpaired) electrons. The number of carbonyl (C=O) groups is 1. The lowest BCUT2D eigenvalue weighted by Gasteiger charge is -2.55. The molecule has 0 aromatic heterocycles. The number of amides is 1. The summed E-state index contributed by atoms with van der Waals surface area (Å²) >= 11 is 2.03. The monoisotopic (exact) mass is 451 g/mol. The molecule has 0 spiro atoms. The fraction of sp³-hybridized carbons (Fsp3) is 0.704. The number of benzene rings is 1. The minimum Gasteiger partial charge on any atom is -0.291 e. The van der Waals surface area contributed by atoms with Crippen molar-refractivity contribution in [1.29, 1.82) is 0 Å². The predicted molar refractivity (Wildman–Crippen MR) is 133 cm³/mol. The van der Waals surface area contributed by atoms with Crippen LogP contribution in [-0.4, -0.2) is 52.8 Å². The van der Waals surface area contributed by atoms with Gasteiger partial charge in [-0.3, -0.25) is 19.6 Å². The van der Waals surface area contributed by atoms with Gasteiger partial charge in [-0.05, 0) is 89.2 Å². The van der Waals surface area contributed by atoms with Gasteiger partial charge in [0.15, 0.2) is 0 Å². The molecule has 5 heteroatoms. The third kappa shape index (κ3) is 3.37. The van der Waals surface area contributed by atoms with Crippen LogP contribution in [0.2, 0.25) is 0 Å². The van der Waals surface area contributed by atoms with E-state index in [0.717, 1.165) is 53.9 Å². The molecule has 172 valence electrons. The molecule has 1 unspecified atom stereocenters. The van der Waals surface area contributed by atoms with E-state index in [1.165, 1.54) is 44.1 Å². The molecule has 1 aromatic rings. The highest BCUT2D eigenvalue weighted by atomic mass is 32.2. The van der Waals surface area contributed by atoms with Gasteiger partial charge in [0.1, 0.15) is 5.84 Å². The Balaban J connectivity index is 1.47. The van der Waals surface area contributed by atoms with Crippen molar-refractivity contribution >= 4 is 29.2 Å². The normalized spacial score (nSPS) is 39.9. The van der Waals surface area contributed by atoms with Crippen molar-refractivity contribution in [3.8, 4) is 0 Å². The average Bonchev–Trinajstić information content (AvgIpc) is 2.93. The van der Waals surface area contributed by atoms with Gasteiger partial charge in [-0.2, -0.15) is 11.8 Å². The fourth-order valence-corrected chi connectivity index (χ4v) is 8.84. The predicted octanol–water partition coefficient (Wildman–Crippen LogP) is 5.15. The zero-order valence-electron chi connectivity index (χ0n) is 19.8. The third-order valence-corrected chi connectivity index (χ3v) is 9.91. The van der Waals surface area contributed by atoms with E-state index in [2.05, 4.69) is 49.9 Å². The molecule has 6 aliphatic rings. The molecule has 32 heavy (non-hydrogen) atoms. The molecule has 2 heterocycles. The Labute approximate surface area is 197 Å². The van der Waals surface area contributed by atoms with Gasteiger partial charge in [0.2, 0.25) is 5.91 Å². The van der Waals surface area contributed by atoms with Crippen LogP contribution in [0.5, 0.6) is 0 Å². The van der Waals surface area contributed by atoms with E-state index in [-0.39, 0.29) is 17.5 Å². The maximum absolute atomic E-state index is 14.0. The summed E-state index contributed by atoms with van der Waals surface area (Å²) in [4.78, 5) is 24.3. The second-order valence-electron chi connectivity index (χ2n) is 11.9. The molecule has 1 atom stereocenters. The van der Waals surface area contributed by atoms with Crippen LogP contribution in [0.25, 0.3) is 0 Å². The van der Waals surface area contributed by atoms with Crippen LogP contribution in [0.1, 0.15) is 57.9 Å². The molecule has 6 fully saturated rings. The zero-order valence-corrected chi connectivity index (χ0v) is 20.7. The second-order valence-corrected chi connectivity index (χ2v) is 13.1. The van der Waals surface area contributed by atoms with E-state index in [0.29, 0.717) is 0 Å². The van der Waals surface area contributed by atoms with E-state index >= 15 is 0 Å². The highest BCUT2D eigenvalue weighted by Crippen LogP contribution is 2.58. The zero-order chi connectivity index (χ0) is 22.1. The third-order valence-electron chi connectivity index (χ3n) is 8.97. The molecule has 2 saturated heterocycles. The molecule has 2 aliphatic heterocycles. The van der Waals surface area contributed by atoms with E-state index in [1.807, 2.05) is 16.7 Å². The van der Waals surface area contributed by atoms with Gasteiger partial charge in [0.25, 0.3) is 0 Å². The highest BCUT2D eigenvalue weighted by molar-refractivity contribution is 7.99. The summed E-state index contributed by atoms with van der Waals surface area (Å²) < 4.78 is 0. The maximum Gasteiger partial charge on any atom is 0.240 e. The summed E-state index contributed by atoms with van der Waals surface area (Å²) in [7, 11) is 0. The summed E-state index contributed by atoms with van der Waals surface area (Å²) in [5.41, 5.74) is 1.82. The average molecular weight is 452 g/mol. The Morgan fingerprint density at radius 2 is 1.50 bits per heavy atom. The number of hydrogen-bond donors (Lipinski definition) is 0. The standard InChI is InChI=1S/C27H37N3OS/c1-18-4-6-22(7-5-18)30-24(23(26(2,3)25(30)31)29-8-10-32-11-9-29)28-27-15-19-12-20(16-27)14-21(13-19)17-27/h4-7,19-21,23H,8-17H2,1-3H3. The van der Waals surface area contributed by atoms with E-state index in [4.69, 9.17) is 4.99 Å². The van der Waals surface area contributed by atoms with Gasteiger partial charge in [-0.1, -0.05) is 17.7 Å². The number of thioether (sulfide) groups is 1. The fourth-order valence-electron chi connectivity index (χ4n) is 7.91. The first-order valence-electron chi connectivity index (χ1n) is 12.7. The van der Waals surface area contributed by atoms with Crippen LogP contribution in [0, 0.1) is 30.1 Å². The van der Waals surface area contributed by atoms with E-state index in [9.17, 15) is 4.79 Å². The number of carbonyl (C=O) groups excluding carboxylic acids is 1. The quantitative estimate of drug-likeness (QED) is 0.637. The number of aryl methyl sites for hydroxylation is 1. The van der Waals surface area contributed by atoms with Crippen molar-refractivity contribution in [1.82, 2.24) is 4.90 Å². The Morgan fingerprint density at radius 1 is 0.938 bits per heavy atom. The van der Waals surface area contributed by atoms with Gasteiger partial charge in [0.05, 0.1) is 22.7 Å². The number of amidine groups is 1. The van der Waals surface area contributed by atoms with Gasteiger partial charge >= 0.3 is 0 Å². The molecule has 4 bridgehead atoms. The highest BCUT2D eigenvalue weighted by Gasteiger charge is 2.57. The van der Waals surface area contributed by atoms with E-state index in [1.54, 1.807) is 0 Å². The molecular weight excluding hydrogens is 414 g/mol. The lowest BCUT2D eigenvalue weighted by Crippen LogP contribution is -2.54. The van der Waals surface area contributed by atoms with Crippen molar-refractivity contribution in [3.05, 3.63) is 29.8 Å². The Kier molecular flexibility index (Phi) is 5.04. The van der Waals surface area contributed by atoms with Crippen LogP contribution < -0.4 is 4.90 Å². The summed E-state index contributed by atoms with van der Waals surface area (Å²) in [6.45, 7) is 8.52. The number of anilines is 1. The first-order chi connectivity index (χ1) is 15.3. The van der Waals surface area contributed by atoms with Crippen LogP contribution in [0.4, 0.5) is 5.69 Å². The van der Waals surface area contributed by atoms with Crippen molar-refractivity contribution in [2.45, 2.75) is 70.9 Å². The molecule has 0 N–H and O–H groups in total. The SMILES string of the molecule is Cc1ccc(N2C(=O)C(C)(C)C(N3CCSCC3)C2=NC23CC4CC(CC(C4)C2)C3)cc1. The Morgan fingerprint density at radius 3 is 2.06 bits per heavy atom. The number of nitrogens with zero attached hydrogens (tertiary/aromatic N) is 3. The first-order valence-corrected chi connectivity index (χ1v) is 13.8. The molecule has 1 amide bonds.